The molecule has 2 aromatic rings. The molecule has 1 atom stereocenters. The first-order chi connectivity index (χ1) is 8.24. The van der Waals surface area contributed by atoms with Crippen LogP contribution in [0.3, 0.4) is 0 Å². The maximum absolute atomic E-state index is 6.13. The summed E-state index contributed by atoms with van der Waals surface area (Å²) in [6.45, 7) is 0. The summed E-state index contributed by atoms with van der Waals surface area (Å²) in [4.78, 5) is 4.29. The maximum Gasteiger partial charge on any atom is 0.0419 e. The van der Waals surface area contributed by atoms with Gasteiger partial charge in [0, 0.05) is 27.9 Å². The first kappa shape index (κ1) is 12.5. The Balaban J connectivity index is 1.93. The van der Waals surface area contributed by atoms with Crippen LogP contribution in [0.25, 0.3) is 0 Å². The van der Waals surface area contributed by atoms with Crippen molar-refractivity contribution in [2.45, 2.75) is 18.9 Å². The molecule has 0 saturated heterocycles. The van der Waals surface area contributed by atoms with Crippen LogP contribution in [0.15, 0.2) is 48.7 Å². The van der Waals surface area contributed by atoms with Gasteiger partial charge in [-0.2, -0.15) is 0 Å². The fourth-order valence-electron chi connectivity index (χ4n) is 1.78. The van der Waals surface area contributed by atoms with E-state index in [4.69, 9.17) is 5.73 Å². The predicted molar refractivity (Wildman–Crippen MR) is 78.8 cm³/mol. The highest BCUT2D eigenvalue weighted by molar-refractivity contribution is 14.1. The fraction of sp³-hybridized carbons (Fsp3) is 0.214. The summed E-state index contributed by atoms with van der Waals surface area (Å²) in [5, 5.41) is 0. The summed E-state index contributed by atoms with van der Waals surface area (Å²) in [6, 6.07) is 14.6. The Morgan fingerprint density at radius 3 is 2.47 bits per heavy atom. The van der Waals surface area contributed by atoms with Crippen molar-refractivity contribution < 1.29 is 0 Å². The highest BCUT2D eigenvalue weighted by Gasteiger charge is 2.06. The Hall–Kier alpha value is -0.940. The average Bonchev–Trinajstić information content (AvgIpc) is 2.33. The van der Waals surface area contributed by atoms with Crippen LogP contribution >= 0.6 is 22.6 Å². The van der Waals surface area contributed by atoms with Crippen molar-refractivity contribution >= 4 is 22.6 Å². The third kappa shape index (κ3) is 4.09. The Morgan fingerprint density at radius 1 is 1.06 bits per heavy atom. The molecule has 1 aromatic carbocycles. The number of hydrogen-bond acceptors (Lipinski definition) is 2. The van der Waals surface area contributed by atoms with Gasteiger partial charge in [-0.1, -0.05) is 18.2 Å². The predicted octanol–water partition coefficient (Wildman–Crippen LogP) is 2.80. The molecule has 1 unspecified atom stereocenters. The first-order valence-corrected chi connectivity index (χ1v) is 6.72. The summed E-state index contributed by atoms with van der Waals surface area (Å²) >= 11 is 2.31. The van der Waals surface area contributed by atoms with Crippen molar-refractivity contribution in [3.8, 4) is 0 Å². The van der Waals surface area contributed by atoms with Crippen LogP contribution in [0.4, 0.5) is 0 Å². The summed E-state index contributed by atoms with van der Waals surface area (Å²) in [5.41, 5.74) is 8.48. The molecule has 0 amide bonds. The molecule has 2 nitrogen and oxygen atoms in total. The number of pyridine rings is 1. The Morgan fingerprint density at radius 2 is 1.82 bits per heavy atom. The standard InChI is InChI=1S/C14H15IN2/c15-12-6-4-11(5-7-12)9-13(16)10-14-3-1-2-8-17-14/h1-8,13H,9-10,16H2. The van der Waals surface area contributed by atoms with Crippen LogP contribution in [-0.4, -0.2) is 11.0 Å². The molecule has 1 aromatic heterocycles. The third-order valence-corrected chi connectivity index (χ3v) is 3.33. The molecule has 0 bridgehead atoms. The molecule has 1 heterocycles. The zero-order valence-corrected chi connectivity index (χ0v) is 11.7. The number of rotatable bonds is 4. The van der Waals surface area contributed by atoms with E-state index in [1.54, 1.807) is 0 Å². The van der Waals surface area contributed by atoms with Gasteiger partial charge in [0.05, 0.1) is 0 Å². The summed E-state index contributed by atoms with van der Waals surface area (Å²) in [5.74, 6) is 0. The van der Waals surface area contributed by atoms with Crippen molar-refractivity contribution in [2.75, 3.05) is 0 Å². The number of aromatic nitrogens is 1. The van der Waals surface area contributed by atoms with Gasteiger partial charge in [-0.25, -0.2) is 0 Å². The van der Waals surface area contributed by atoms with E-state index in [-0.39, 0.29) is 6.04 Å². The molecule has 2 rings (SSSR count). The van der Waals surface area contributed by atoms with Gasteiger partial charge in [-0.05, 0) is 58.8 Å². The van der Waals surface area contributed by atoms with E-state index < -0.39 is 0 Å². The molecule has 0 saturated carbocycles. The van der Waals surface area contributed by atoms with Crippen LogP contribution < -0.4 is 5.73 Å². The quantitative estimate of drug-likeness (QED) is 0.871. The topological polar surface area (TPSA) is 38.9 Å². The van der Waals surface area contributed by atoms with Gasteiger partial charge in [0.25, 0.3) is 0 Å². The Labute approximate surface area is 115 Å². The highest BCUT2D eigenvalue weighted by Crippen LogP contribution is 2.09. The number of benzene rings is 1. The monoisotopic (exact) mass is 338 g/mol. The zero-order valence-electron chi connectivity index (χ0n) is 9.51. The van der Waals surface area contributed by atoms with Gasteiger partial charge in [-0.3, -0.25) is 4.98 Å². The third-order valence-electron chi connectivity index (χ3n) is 2.61. The van der Waals surface area contributed by atoms with E-state index >= 15 is 0 Å². The molecule has 17 heavy (non-hydrogen) atoms. The van der Waals surface area contributed by atoms with Crippen LogP contribution in [0.1, 0.15) is 11.3 Å². The van der Waals surface area contributed by atoms with E-state index in [1.165, 1.54) is 9.13 Å². The van der Waals surface area contributed by atoms with Crippen LogP contribution in [-0.2, 0) is 12.8 Å². The SMILES string of the molecule is NC(Cc1ccc(I)cc1)Cc1ccccn1. The molecule has 0 radical (unpaired) electrons. The zero-order chi connectivity index (χ0) is 12.1. The molecule has 0 aliphatic rings. The number of hydrogen-bond donors (Lipinski definition) is 1. The van der Waals surface area contributed by atoms with Gasteiger partial charge >= 0.3 is 0 Å². The highest BCUT2D eigenvalue weighted by atomic mass is 127. The second kappa shape index (κ2) is 6.12. The van der Waals surface area contributed by atoms with E-state index in [2.05, 4.69) is 51.8 Å². The molecular weight excluding hydrogens is 323 g/mol. The summed E-state index contributed by atoms with van der Waals surface area (Å²) < 4.78 is 1.25. The minimum atomic E-state index is 0.130. The van der Waals surface area contributed by atoms with Gasteiger partial charge in [0.15, 0.2) is 0 Å². The van der Waals surface area contributed by atoms with Crippen molar-refractivity contribution in [3.63, 3.8) is 0 Å². The molecule has 0 aliphatic carbocycles. The van der Waals surface area contributed by atoms with E-state index in [9.17, 15) is 0 Å². The van der Waals surface area contributed by atoms with E-state index in [0.29, 0.717) is 0 Å². The summed E-state index contributed by atoms with van der Waals surface area (Å²) in [6.07, 6.45) is 3.53. The Kier molecular flexibility index (Phi) is 4.50. The lowest BCUT2D eigenvalue weighted by Gasteiger charge is -2.11. The maximum atomic E-state index is 6.13. The lowest BCUT2D eigenvalue weighted by Crippen LogP contribution is -2.25. The van der Waals surface area contributed by atoms with E-state index in [0.717, 1.165) is 18.5 Å². The van der Waals surface area contributed by atoms with Crippen molar-refractivity contribution in [3.05, 3.63) is 63.5 Å². The second-order valence-corrected chi connectivity index (χ2v) is 5.36. The Bertz CT molecular complexity index is 453. The van der Waals surface area contributed by atoms with Gasteiger partial charge in [0.2, 0.25) is 0 Å². The summed E-state index contributed by atoms with van der Waals surface area (Å²) in [7, 11) is 0. The van der Waals surface area contributed by atoms with Crippen LogP contribution in [0, 0.1) is 3.57 Å². The van der Waals surface area contributed by atoms with Crippen molar-refractivity contribution in [2.24, 2.45) is 5.73 Å². The average molecular weight is 338 g/mol. The lowest BCUT2D eigenvalue weighted by atomic mass is 10.0. The van der Waals surface area contributed by atoms with Crippen molar-refractivity contribution in [1.29, 1.82) is 0 Å². The number of halogens is 1. The number of nitrogens with zero attached hydrogens (tertiary/aromatic N) is 1. The smallest absolute Gasteiger partial charge is 0.0419 e. The lowest BCUT2D eigenvalue weighted by molar-refractivity contribution is 0.654. The van der Waals surface area contributed by atoms with E-state index in [1.807, 2.05) is 24.4 Å². The fourth-order valence-corrected chi connectivity index (χ4v) is 2.14. The second-order valence-electron chi connectivity index (χ2n) is 4.12. The van der Waals surface area contributed by atoms with Gasteiger partial charge in [-0.15, -0.1) is 0 Å². The molecule has 0 aliphatic heterocycles. The van der Waals surface area contributed by atoms with Crippen LogP contribution in [0.2, 0.25) is 0 Å². The molecule has 3 heteroatoms. The first-order valence-electron chi connectivity index (χ1n) is 5.64. The van der Waals surface area contributed by atoms with Crippen LogP contribution in [0.5, 0.6) is 0 Å². The minimum Gasteiger partial charge on any atom is -0.327 e. The molecule has 2 N–H and O–H groups in total. The molecule has 0 fully saturated rings. The van der Waals surface area contributed by atoms with Gasteiger partial charge in [0.1, 0.15) is 0 Å². The largest absolute Gasteiger partial charge is 0.327 e. The van der Waals surface area contributed by atoms with Crippen molar-refractivity contribution in [1.82, 2.24) is 4.98 Å². The van der Waals surface area contributed by atoms with Gasteiger partial charge < -0.3 is 5.73 Å². The minimum absolute atomic E-state index is 0.130. The molecule has 88 valence electrons. The normalized spacial score (nSPS) is 12.4. The molecule has 0 spiro atoms. The number of nitrogens with two attached hydrogens (primary N) is 1. The molecular formula is C14H15IN2.